The van der Waals surface area contributed by atoms with Gasteiger partial charge in [0.15, 0.2) is 5.82 Å². The van der Waals surface area contributed by atoms with Crippen molar-refractivity contribution >= 4 is 17.6 Å². The molecular formula is C13H18N4O3. The largest absolute Gasteiger partial charge is 0.360 e. The molecule has 0 bridgehead atoms. The summed E-state index contributed by atoms with van der Waals surface area (Å²) in [5.41, 5.74) is 0. The number of anilines is 1. The van der Waals surface area contributed by atoms with Gasteiger partial charge >= 0.3 is 0 Å². The molecule has 1 aromatic rings. The van der Waals surface area contributed by atoms with Gasteiger partial charge < -0.3 is 14.7 Å². The van der Waals surface area contributed by atoms with E-state index in [1.807, 2.05) is 4.90 Å². The van der Waals surface area contributed by atoms with Gasteiger partial charge in [0.2, 0.25) is 11.8 Å². The van der Waals surface area contributed by atoms with Crippen LogP contribution < -0.4 is 5.32 Å². The van der Waals surface area contributed by atoms with E-state index in [-0.39, 0.29) is 18.4 Å². The van der Waals surface area contributed by atoms with Gasteiger partial charge in [-0.2, -0.15) is 0 Å². The molecule has 7 heteroatoms. The highest BCUT2D eigenvalue weighted by atomic mass is 16.5. The first kappa shape index (κ1) is 14.3. The average Bonchev–Trinajstić information content (AvgIpc) is 2.84. The smallest absolute Gasteiger partial charge is 0.246 e. The standard InChI is InChI=1S/C13H18N4O3/c1-3-13(19)17-6-4-16(5-7-17)9-12(18)14-11-8-10(2)20-15-11/h3,8H,1,4-7,9H2,2H3,(H,14,15,18). The first-order valence-corrected chi connectivity index (χ1v) is 6.45. The van der Waals surface area contributed by atoms with Crippen molar-refractivity contribution in [1.82, 2.24) is 15.0 Å². The summed E-state index contributed by atoms with van der Waals surface area (Å²) in [6, 6.07) is 1.67. The molecule has 1 fully saturated rings. The fourth-order valence-electron chi connectivity index (χ4n) is 2.07. The van der Waals surface area contributed by atoms with Crippen LogP contribution in [0.1, 0.15) is 5.76 Å². The molecule has 1 saturated heterocycles. The summed E-state index contributed by atoms with van der Waals surface area (Å²) >= 11 is 0. The van der Waals surface area contributed by atoms with E-state index in [1.165, 1.54) is 6.08 Å². The highest BCUT2D eigenvalue weighted by Gasteiger charge is 2.21. The number of hydrogen-bond acceptors (Lipinski definition) is 5. The summed E-state index contributed by atoms with van der Waals surface area (Å²) < 4.78 is 4.88. The van der Waals surface area contributed by atoms with Crippen LogP contribution in [0.15, 0.2) is 23.2 Å². The molecule has 2 heterocycles. The van der Waals surface area contributed by atoms with Crippen LogP contribution in [0.5, 0.6) is 0 Å². The van der Waals surface area contributed by atoms with Gasteiger partial charge in [-0.15, -0.1) is 0 Å². The lowest BCUT2D eigenvalue weighted by Crippen LogP contribution is -2.50. The Morgan fingerprint density at radius 2 is 2.15 bits per heavy atom. The third-order valence-electron chi connectivity index (χ3n) is 3.12. The minimum atomic E-state index is -0.137. The number of piperazine rings is 1. The molecule has 0 aliphatic carbocycles. The molecule has 0 spiro atoms. The van der Waals surface area contributed by atoms with E-state index < -0.39 is 0 Å². The van der Waals surface area contributed by atoms with E-state index in [4.69, 9.17) is 4.52 Å². The molecule has 7 nitrogen and oxygen atoms in total. The third-order valence-corrected chi connectivity index (χ3v) is 3.12. The lowest BCUT2D eigenvalue weighted by Gasteiger charge is -2.33. The molecule has 1 aliphatic rings. The number of amides is 2. The lowest BCUT2D eigenvalue weighted by molar-refractivity contribution is -0.128. The van der Waals surface area contributed by atoms with Crippen molar-refractivity contribution in [3.63, 3.8) is 0 Å². The molecule has 2 rings (SSSR count). The van der Waals surface area contributed by atoms with Crippen molar-refractivity contribution in [2.75, 3.05) is 38.0 Å². The summed E-state index contributed by atoms with van der Waals surface area (Å²) in [6.45, 7) is 8.08. The number of aromatic nitrogens is 1. The number of hydrogen-bond donors (Lipinski definition) is 1. The summed E-state index contributed by atoms with van der Waals surface area (Å²) in [7, 11) is 0. The van der Waals surface area contributed by atoms with Crippen LogP contribution in [0.2, 0.25) is 0 Å². The van der Waals surface area contributed by atoms with Crippen LogP contribution in [0.3, 0.4) is 0 Å². The number of carbonyl (C=O) groups excluding carboxylic acids is 2. The van der Waals surface area contributed by atoms with Crippen molar-refractivity contribution in [2.24, 2.45) is 0 Å². The van der Waals surface area contributed by atoms with E-state index in [9.17, 15) is 9.59 Å². The first-order chi connectivity index (χ1) is 9.58. The number of nitrogens with zero attached hydrogens (tertiary/aromatic N) is 3. The van der Waals surface area contributed by atoms with E-state index in [0.717, 1.165) is 0 Å². The fraction of sp³-hybridized carbons (Fsp3) is 0.462. The molecule has 1 N–H and O–H groups in total. The number of rotatable bonds is 4. The predicted octanol–water partition coefficient (Wildman–Crippen LogP) is 0.252. The molecule has 0 saturated carbocycles. The number of nitrogens with one attached hydrogen (secondary N) is 1. The monoisotopic (exact) mass is 278 g/mol. The molecule has 108 valence electrons. The Labute approximate surface area is 117 Å². The Morgan fingerprint density at radius 3 is 2.70 bits per heavy atom. The quantitative estimate of drug-likeness (QED) is 0.799. The van der Waals surface area contributed by atoms with E-state index in [1.54, 1.807) is 17.9 Å². The molecule has 1 aliphatic heterocycles. The van der Waals surface area contributed by atoms with E-state index >= 15 is 0 Å². The predicted molar refractivity (Wildman–Crippen MR) is 73.1 cm³/mol. The summed E-state index contributed by atoms with van der Waals surface area (Å²) in [5, 5.41) is 6.38. The minimum absolute atomic E-state index is 0.0628. The maximum Gasteiger partial charge on any atom is 0.246 e. The van der Waals surface area contributed by atoms with Gasteiger partial charge in [-0.25, -0.2) is 0 Å². The zero-order valence-corrected chi connectivity index (χ0v) is 11.5. The zero-order valence-electron chi connectivity index (χ0n) is 11.5. The second kappa shape index (κ2) is 6.33. The van der Waals surface area contributed by atoms with Gasteiger partial charge in [0, 0.05) is 32.2 Å². The molecule has 0 atom stereocenters. The highest BCUT2D eigenvalue weighted by Crippen LogP contribution is 2.07. The Bertz CT molecular complexity index is 503. The van der Waals surface area contributed by atoms with Crippen molar-refractivity contribution in [3.05, 3.63) is 24.5 Å². The molecule has 0 aromatic carbocycles. The maximum absolute atomic E-state index is 11.8. The topological polar surface area (TPSA) is 78.7 Å². The molecule has 0 radical (unpaired) electrons. The second-order valence-corrected chi connectivity index (χ2v) is 4.68. The summed E-state index contributed by atoms with van der Waals surface area (Å²) in [6.07, 6.45) is 1.31. The molecular weight excluding hydrogens is 260 g/mol. The van der Waals surface area contributed by atoms with Crippen LogP contribution in [0.25, 0.3) is 0 Å². The second-order valence-electron chi connectivity index (χ2n) is 4.68. The van der Waals surface area contributed by atoms with Crippen LogP contribution >= 0.6 is 0 Å². The van der Waals surface area contributed by atoms with Crippen LogP contribution in [0.4, 0.5) is 5.82 Å². The highest BCUT2D eigenvalue weighted by molar-refractivity contribution is 5.91. The Balaban J connectivity index is 1.76. The number of aryl methyl sites for hydroxylation is 1. The summed E-state index contributed by atoms with van der Waals surface area (Å²) in [5.74, 6) is 0.874. The average molecular weight is 278 g/mol. The third kappa shape index (κ3) is 3.67. The van der Waals surface area contributed by atoms with Crippen molar-refractivity contribution < 1.29 is 14.1 Å². The van der Waals surface area contributed by atoms with E-state index in [0.29, 0.717) is 37.8 Å². The first-order valence-electron chi connectivity index (χ1n) is 6.45. The van der Waals surface area contributed by atoms with Gasteiger partial charge in [-0.05, 0) is 13.0 Å². The van der Waals surface area contributed by atoms with Crippen LogP contribution in [0, 0.1) is 6.92 Å². The van der Waals surface area contributed by atoms with Gasteiger partial charge in [0.25, 0.3) is 0 Å². The van der Waals surface area contributed by atoms with E-state index in [2.05, 4.69) is 17.1 Å². The van der Waals surface area contributed by atoms with Crippen LogP contribution in [-0.2, 0) is 9.59 Å². The Hall–Kier alpha value is -2.15. The van der Waals surface area contributed by atoms with Crippen molar-refractivity contribution in [3.8, 4) is 0 Å². The fourth-order valence-corrected chi connectivity index (χ4v) is 2.07. The molecule has 0 unspecified atom stereocenters. The minimum Gasteiger partial charge on any atom is -0.360 e. The van der Waals surface area contributed by atoms with Crippen LogP contribution in [-0.4, -0.2) is 59.5 Å². The SMILES string of the molecule is C=CC(=O)N1CCN(CC(=O)Nc2cc(C)on2)CC1. The van der Waals surface area contributed by atoms with Gasteiger partial charge in [-0.1, -0.05) is 11.7 Å². The zero-order chi connectivity index (χ0) is 14.5. The normalized spacial score (nSPS) is 15.9. The van der Waals surface area contributed by atoms with Gasteiger partial charge in [0.05, 0.1) is 6.54 Å². The lowest BCUT2D eigenvalue weighted by atomic mass is 10.3. The molecule has 20 heavy (non-hydrogen) atoms. The summed E-state index contributed by atoms with van der Waals surface area (Å²) in [4.78, 5) is 27.0. The van der Waals surface area contributed by atoms with Crippen molar-refractivity contribution in [2.45, 2.75) is 6.92 Å². The van der Waals surface area contributed by atoms with Gasteiger partial charge in [0.1, 0.15) is 5.76 Å². The molecule has 1 aromatic heterocycles. The van der Waals surface area contributed by atoms with Gasteiger partial charge in [-0.3, -0.25) is 14.5 Å². The Kier molecular flexibility index (Phi) is 4.52. The molecule has 2 amide bonds. The van der Waals surface area contributed by atoms with Crippen molar-refractivity contribution in [1.29, 1.82) is 0 Å². The number of carbonyl (C=O) groups is 2. The maximum atomic E-state index is 11.8. The Morgan fingerprint density at radius 1 is 1.45 bits per heavy atom.